The number of rotatable bonds is 7. The fraction of sp³-hybridized carbons (Fsp3) is 0.588. The van der Waals surface area contributed by atoms with E-state index in [1.165, 1.54) is 0 Å². The second kappa shape index (κ2) is 7.79. The molecule has 0 spiro atoms. The minimum atomic E-state index is 0.228. The van der Waals surface area contributed by atoms with Crippen LogP contribution in [0.3, 0.4) is 0 Å². The smallest absolute Gasteiger partial charge is 0.213 e. The molecule has 8 heteroatoms. The molecule has 25 heavy (non-hydrogen) atoms. The number of nitrogens with zero attached hydrogens (tertiary/aromatic N) is 5. The molecule has 1 saturated heterocycles. The summed E-state index contributed by atoms with van der Waals surface area (Å²) in [5, 5.41) is 3.24. The van der Waals surface area contributed by atoms with Gasteiger partial charge in [-0.1, -0.05) is 0 Å². The SMILES string of the molecule is CO[C@H]1C[C@@H](CN(C)C)N(c2cc(NCc3ncc(C)o3)ncn2)C1. The molecule has 2 atom stereocenters. The highest BCUT2D eigenvalue weighted by atomic mass is 16.5. The van der Waals surface area contributed by atoms with Crippen LogP contribution in [-0.4, -0.2) is 66.3 Å². The van der Waals surface area contributed by atoms with E-state index in [-0.39, 0.29) is 6.10 Å². The lowest BCUT2D eigenvalue weighted by atomic mass is 10.2. The van der Waals surface area contributed by atoms with E-state index in [1.807, 2.05) is 13.0 Å². The van der Waals surface area contributed by atoms with Crippen LogP contribution in [0, 0.1) is 6.92 Å². The molecular weight excluding hydrogens is 320 g/mol. The second-order valence-electron chi connectivity index (χ2n) is 6.64. The predicted octanol–water partition coefficient (Wildman–Crippen LogP) is 1.54. The maximum atomic E-state index is 5.57. The third-order valence-corrected chi connectivity index (χ3v) is 4.32. The second-order valence-corrected chi connectivity index (χ2v) is 6.64. The Morgan fingerprint density at radius 2 is 2.20 bits per heavy atom. The fourth-order valence-corrected chi connectivity index (χ4v) is 3.17. The van der Waals surface area contributed by atoms with Crippen molar-refractivity contribution in [3.63, 3.8) is 0 Å². The van der Waals surface area contributed by atoms with Crippen LogP contribution in [0.5, 0.6) is 0 Å². The zero-order valence-corrected chi connectivity index (χ0v) is 15.3. The number of hydrogen-bond donors (Lipinski definition) is 1. The highest BCUT2D eigenvalue weighted by Gasteiger charge is 2.33. The molecule has 8 nitrogen and oxygen atoms in total. The number of ether oxygens (including phenoxy) is 1. The lowest BCUT2D eigenvalue weighted by Gasteiger charge is -2.27. The van der Waals surface area contributed by atoms with Crippen LogP contribution in [0.25, 0.3) is 0 Å². The summed E-state index contributed by atoms with van der Waals surface area (Å²) in [5.74, 6) is 3.11. The van der Waals surface area contributed by atoms with Crippen LogP contribution in [0.15, 0.2) is 23.0 Å². The molecule has 0 aliphatic carbocycles. The van der Waals surface area contributed by atoms with E-state index in [0.29, 0.717) is 18.5 Å². The Balaban J connectivity index is 1.70. The summed E-state index contributed by atoms with van der Waals surface area (Å²) in [5.41, 5.74) is 0. The van der Waals surface area contributed by atoms with Gasteiger partial charge in [0.05, 0.1) is 18.8 Å². The molecule has 2 aromatic rings. The summed E-state index contributed by atoms with van der Waals surface area (Å²) in [6.45, 7) is 4.17. The minimum absolute atomic E-state index is 0.228. The molecule has 0 aromatic carbocycles. The van der Waals surface area contributed by atoms with E-state index in [1.54, 1.807) is 19.6 Å². The van der Waals surface area contributed by atoms with Gasteiger partial charge in [0.25, 0.3) is 0 Å². The minimum Gasteiger partial charge on any atom is -0.444 e. The fourth-order valence-electron chi connectivity index (χ4n) is 3.17. The van der Waals surface area contributed by atoms with Crippen LogP contribution >= 0.6 is 0 Å². The normalized spacial score (nSPS) is 20.4. The van der Waals surface area contributed by atoms with Gasteiger partial charge in [0.1, 0.15) is 23.7 Å². The van der Waals surface area contributed by atoms with E-state index in [0.717, 1.165) is 36.9 Å². The molecule has 136 valence electrons. The van der Waals surface area contributed by atoms with Crippen molar-refractivity contribution in [1.82, 2.24) is 19.9 Å². The van der Waals surface area contributed by atoms with Crippen LogP contribution < -0.4 is 10.2 Å². The van der Waals surface area contributed by atoms with Gasteiger partial charge in [0.2, 0.25) is 5.89 Å². The standard InChI is InChI=1S/C17H26N6O2/c1-12-7-19-17(25-12)8-18-15-6-16(21-11-20-15)23-10-14(24-4)5-13(23)9-22(2)3/h6-7,11,13-14H,5,8-10H2,1-4H3,(H,18,20,21)/t13-,14-/m0/s1. The molecule has 3 heterocycles. The van der Waals surface area contributed by atoms with Crippen molar-refractivity contribution in [2.45, 2.75) is 32.0 Å². The molecule has 0 saturated carbocycles. The van der Waals surface area contributed by atoms with Crippen molar-refractivity contribution < 1.29 is 9.15 Å². The molecule has 0 bridgehead atoms. The Kier molecular flexibility index (Phi) is 5.50. The molecule has 1 aliphatic heterocycles. The van der Waals surface area contributed by atoms with Crippen molar-refractivity contribution in [1.29, 1.82) is 0 Å². The van der Waals surface area contributed by atoms with Crippen LogP contribution in [0.1, 0.15) is 18.1 Å². The summed E-state index contributed by atoms with van der Waals surface area (Å²) < 4.78 is 11.0. The number of likely N-dealkylation sites (N-methyl/N-ethyl adjacent to an activating group) is 1. The maximum Gasteiger partial charge on any atom is 0.213 e. The summed E-state index contributed by atoms with van der Waals surface area (Å²) in [7, 11) is 5.94. The van der Waals surface area contributed by atoms with Crippen molar-refractivity contribution >= 4 is 11.6 Å². The number of hydrogen-bond acceptors (Lipinski definition) is 8. The highest BCUT2D eigenvalue weighted by Crippen LogP contribution is 2.27. The van der Waals surface area contributed by atoms with E-state index in [4.69, 9.17) is 9.15 Å². The largest absolute Gasteiger partial charge is 0.444 e. The number of oxazole rings is 1. The zero-order valence-electron chi connectivity index (χ0n) is 15.3. The highest BCUT2D eigenvalue weighted by molar-refractivity contribution is 5.50. The molecule has 3 rings (SSSR count). The van der Waals surface area contributed by atoms with Gasteiger partial charge in [-0.15, -0.1) is 0 Å². The average molecular weight is 346 g/mol. The van der Waals surface area contributed by atoms with Crippen molar-refractivity contribution in [2.24, 2.45) is 0 Å². The van der Waals surface area contributed by atoms with Crippen LogP contribution in [0.2, 0.25) is 0 Å². The first-order chi connectivity index (χ1) is 12.0. The van der Waals surface area contributed by atoms with Crippen molar-refractivity contribution in [3.8, 4) is 0 Å². The van der Waals surface area contributed by atoms with Gasteiger partial charge in [-0.05, 0) is 27.4 Å². The molecule has 1 aliphatic rings. The molecular formula is C17H26N6O2. The Morgan fingerprint density at radius 1 is 1.36 bits per heavy atom. The average Bonchev–Trinajstić information content (AvgIpc) is 3.19. The van der Waals surface area contributed by atoms with Gasteiger partial charge < -0.3 is 24.3 Å². The number of nitrogens with one attached hydrogen (secondary N) is 1. The van der Waals surface area contributed by atoms with Crippen LogP contribution in [0.4, 0.5) is 11.6 Å². The first-order valence-electron chi connectivity index (χ1n) is 8.46. The van der Waals surface area contributed by atoms with E-state index >= 15 is 0 Å². The monoisotopic (exact) mass is 346 g/mol. The number of aromatic nitrogens is 3. The molecule has 0 amide bonds. The zero-order chi connectivity index (χ0) is 17.8. The third kappa shape index (κ3) is 4.46. The number of methoxy groups -OCH3 is 1. The first kappa shape index (κ1) is 17.6. The van der Waals surface area contributed by atoms with Crippen molar-refractivity contribution in [2.75, 3.05) is 44.5 Å². The van der Waals surface area contributed by atoms with Gasteiger partial charge in [0.15, 0.2) is 0 Å². The van der Waals surface area contributed by atoms with Crippen molar-refractivity contribution in [3.05, 3.63) is 30.2 Å². The lowest BCUT2D eigenvalue weighted by Crippen LogP contribution is -2.38. The number of aryl methyl sites for hydroxylation is 1. The maximum absolute atomic E-state index is 5.57. The van der Waals surface area contributed by atoms with Gasteiger partial charge in [0, 0.05) is 32.3 Å². The molecule has 1 N–H and O–H groups in total. The van der Waals surface area contributed by atoms with E-state index in [9.17, 15) is 0 Å². The topological polar surface area (TPSA) is 79.5 Å². The van der Waals surface area contributed by atoms with Gasteiger partial charge in [-0.25, -0.2) is 15.0 Å². The van der Waals surface area contributed by atoms with E-state index in [2.05, 4.69) is 44.2 Å². The Morgan fingerprint density at radius 3 is 2.88 bits per heavy atom. The number of anilines is 2. The van der Waals surface area contributed by atoms with E-state index < -0.39 is 0 Å². The Labute approximate surface area is 148 Å². The molecule has 0 unspecified atom stereocenters. The quantitative estimate of drug-likeness (QED) is 0.809. The summed E-state index contributed by atoms with van der Waals surface area (Å²) in [6.07, 6.45) is 4.53. The Bertz CT molecular complexity index is 689. The molecule has 0 radical (unpaired) electrons. The lowest BCUT2D eigenvalue weighted by molar-refractivity contribution is 0.117. The van der Waals surface area contributed by atoms with Gasteiger partial charge in [-0.3, -0.25) is 0 Å². The first-order valence-corrected chi connectivity index (χ1v) is 8.46. The third-order valence-electron chi connectivity index (χ3n) is 4.32. The van der Waals surface area contributed by atoms with Gasteiger partial charge in [-0.2, -0.15) is 0 Å². The molecule has 2 aromatic heterocycles. The van der Waals surface area contributed by atoms with Crippen LogP contribution in [-0.2, 0) is 11.3 Å². The summed E-state index contributed by atoms with van der Waals surface area (Å²) in [4.78, 5) is 17.5. The predicted molar refractivity (Wildman–Crippen MR) is 95.7 cm³/mol. The summed E-state index contributed by atoms with van der Waals surface area (Å²) in [6, 6.07) is 2.34. The summed E-state index contributed by atoms with van der Waals surface area (Å²) >= 11 is 0. The Hall–Kier alpha value is -2.19. The van der Waals surface area contributed by atoms with Gasteiger partial charge >= 0.3 is 0 Å². The molecule has 1 fully saturated rings.